The summed E-state index contributed by atoms with van der Waals surface area (Å²) in [5, 5.41) is 16.8. The third-order valence-corrected chi connectivity index (χ3v) is 2.47. The van der Waals surface area contributed by atoms with Crippen LogP contribution in [-0.4, -0.2) is 14.9 Å². The molecule has 0 radical (unpaired) electrons. The first kappa shape index (κ1) is 11.4. The molecule has 0 bridgehead atoms. The molecule has 1 aromatic carbocycles. The van der Waals surface area contributed by atoms with E-state index in [1.807, 2.05) is 19.2 Å². The summed E-state index contributed by atoms with van der Waals surface area (Å²) in [6.07, 6.45) is 1.85. The molecule has 0 saturated heterocycles. The summed E-state index contributed by atoms with van der Waals surface area (Å²) in [6.45, 7) is 3.13. The minimum Gasteiger partial charge on any atom is -0.508 e. The van der Waals surface area contributed by atoms with Crippen molar-refractivity contribution in [2.24, 2.45) is 0 Å². The van der Waals surface area contributed by atoms with Gasteiger partial charge in [0.25, 0.3) is 0 Å². The fourth-order valence-electron chi connectivity index (χ4n) is 1.51. The zero-order valence-corrected chi connectivity index (χ0v) is 9.52. The highest BCUT2D eigenvalue weighted by atomic mass is 19.1. The van der Waals surface area contributed by atoms with Gasteiger partial charge in [0, 0.05) is 30.9 Å². The van der Waals surface area contributed by atoms with E-state index in [0.29, 0.717) is 17.9 Å². The van der Waals surface area contributed by atoms with Crippen molar-refractivity contribution in [3.63, 3.8) is 0 Å². The highest BCUT2D eigenvalue weighted by Crippen LogP contribution is 2.18. The Morgan fingerprint density at radius 3 is 2.94 bits per heavy atom. The van der Waals surface area contributed by atoms with Crippen LogP contribution in [0.1, 0.15) is 12.5 Å². The summed E-state index contributed by atoms with van der Waals surface area (Å²) < 4.78 is 14.8. The van der Waals surface area contributed by atoms with Gasteiger partial charge in [0.15, 0.2) is 0 Å². The Kier molecular flexibility index (Phi) is 3.27. The van der Waals surface area contributed by atoms with E-state index < -0.39 is 0 Å². The number of aromatic hydroxyl groups is 1. The molecule has 4 nitrogen and oxygen atoms in total. The van der Waals surface area contributed by atoms with Crippen LogP contribution in [0, 0.1) is 5.82 Å². The topological polar surface area (TPSA) is 50.1 Å². The lowest BCUT2D eigenvalue weighted by atomic mass is 10.2. The van der Waals surface area contributed by atoms with E-state index in [4.69, 9.17) is 0 Å². The van der Waals surface area contributed by atoms with Gasteiger partial charge >= 0.3 is 0 Å². The number of hydrogen-bond acceptors (Lipinski definition) is 3. The summed E-state index contributed by atoms with van der Waals surface area (Å²) in [5.74, 6) is 0.419. The number of hydrogen-bond donors (Lipinski definition) is 2. The summed E-state index contributed by atoms with van der Waals surface area (Å²) >= 11 is 0. The average Bonchev–Trinajstić information content (AvgIpc) is 2.78. The Morgan fingerprint density at radius 2 is 2.24 bits per heavy atom. The zero-order valence-electron chi connectivity index (χ0n) is 9.52. The van der Waals surface area contributed by atoms with Gasteiger partial charge in [0.2, 0.25) is 0 Å². The second-order valence-corrected chi connectivity index (χ2v) is 3.68. The minimum absolute atomic E-state index is 0.0776. The standard InChI is InChI=1S/C12H14FN3O/c1-2-16-6-5-12(15-16)14-8-9-7-10(13)3-4-11(9)17/h3-7,17H,2,8H2,1H3,(H,14,15). The number of anilines is 1. The quantitative estimate of drug-likeness (QED) is 0.855. The van der Waals surface area contributed by atoms with Crippen LogP contribution in [0.3, 0.4) is 0 Å². The number of phenolic OH excluding ortho intramolecular Hbond substituents is 1. The van der Waals surface area contributed by atoms with Crippen LogP contribution in [0.2, 0.25) is 0 Å². The number of nitrogens with one attached hydrogen (secondary N) is 1. The maximum absolute atomic E-state index is 13.0. The van der Waals surface area contributed by atoms with E-state index in [2.05, 4.69) is 10.4 Å². The molecule has 0 aliphatic carbocycles. The summed E-state index contributed by atoms with van der Waals surface area (Å²) in [6, 6.07) is 5.71. The minimum atomic E-state index is -0.362. The SMILES string of the molecule is CCn1ccc(NCc2cc(F)ccc2O)n1. The number of benzene rings is 1. The number of rotatable bonds is 4. The van der Waals surface area contributed by atoms with Gasteiger partial charge in [-0.3, -0.25) is 4.68 Å². The van der Waals surface area contributed by atoms with E-state index in [1.165, 1.54) is 18.2 Å². The lowest BCUT2D eigenvalue weighted by Gasteiger charge is -2.05. The van der Waals surface area contributed by atoms with Crippen molar-refractivity contribution in [3.05, 3.63) is 41.8 Å². The molecule has 0 unspecified atom stereocenters. The first-order valence-corrected chi connectivity index (χ1v) is 5.43. The molecule has 0 saturated carbocycles. The first-order valence-electron chi connectivity index (χ1n) is 5.43. The maximum atomic E-state index is 13.0. The molecule has 1 aromatic heterocycles. The Labute approximate surface area is 98.7 Å². The van der Waals surface area contributed by atoms with Crippen molar-refractivity contribution in [2.45, 2.75) is 20.0 Å². The highest BCUT2D eigenvalue weighted by molar-refractivity contribution is 5.38. The van der Waals surface area contributed by atoms with E-state index in [1.54, 1.807) is 4.68 Å². The molecule has 2 rings (SSSR count). The number of aromatic nitrogens is 2. The van der Waals surface area contributed by atoms with Crippen LogP contribution < -0.4 is 5.32 Å². The number of nitrogens with zero attached hydrogens (tertiary/aromatic N) is 2. The molecule has 0 spiro atoms. The normalized spacial score (nSPS) is 10.5. The molecule has 17 heavy (non-hydrogen) atoms. The van der Waals surface area contributed by atoms with Crippen LogP contribution >= 0.6 is 0 Å². The molecule has 0 atom stereocenters. The largest absolute Gasteiger partial charge is 0.508 e. The second kappa shape index (κ2) is 4.86. The average molecular weight is 235 g/mol. The third kappa shape index (κ3) is 2.75. The molecule has 0 fully saturated rings. The third-order valence-electron chi connectivity index (χ3n) is 2.47. The fourth-order valence-corrected chi connectivity index (χ4v) is 1.51. The van der Waals surface area contributed by atoms with Gasteiger partial charge in [-0.15, -0.1) is 0 Å². The Hall–Kier alpha value is -2.04. The van der Waals surface area contributed by atoms with Gasteiger partial charge in [-0.2, -0.15) is 5.10 Å². The Bertz CT molecular complexity index is 510. The lowest BCUT2D eigenvalue weighted by Crippen LogP contribution is -2.02. The first-order chi connectivity index (χ1) is 8.19. The molecule has 5 heteroatoms. The van der Waals surface area contributed by atoms with Crippen LogP contribution in [0.4, 0.5) is 10.2 Å². The lowest BCUT2D eigenvalue weighted by molar-refractivity contribution is 0.466. The number of halogens is 1. The van der Waals surface area contributed by atoms with Crippen molar-refractivity contribution in [1.29, 1.82) is 0 Å². The maximum Gasteiger partial charge on any atom is 0.148 e. The zero-order chi connectivity index (χ0) is 12.3. The van der Waals surface area contributed by atoms with Gasteiger partial charge in [0.1, 0.15) is 17.4 Å². The smallest absolute Gasteiger partial charge is 0.148 e. The van der Waals surface area contributed by atoms with Crippen molar-refractivity contribution in [2.75, 3.05) is 5.32 Å². The molecule has 90 valence electrons. The Balaban J connectivity index is 2.04. The van der Waals surface area contributed by atoms with Crippen LogP contribution in [0.15, 0.2) is 30.5 Å². The molecule has 0 aliphatic heterocycles. The van der Waals surface area contributed by atoms with Gasteiger partial charge < -0.3 is 10.4 Å². The second-order valence-electron chi connectivity index (χ2n) is 3.68. The van der Waals surface area contributed by atoms with Crippen molar-refractivity contribution >= 4 is 5.82 Å². The molecule has 2 aromatic rings. The highest BCUT2D eigenvalue weighted by Gasteiger charge is 2.03. The summed E-state index contributed by atoms with van der Waals surface area (Å²) in [5.41, 5.74) is 0.510. The molecule has 1 heterocycles. The van der Waals surface area contributed by atoms with Crippen molar-refractivity contribution in [1.82, 2.24) is 9.78 Å². The van der Waals surface area contributed by atoms with Crippen LogP contribution in [0.5, 0.6) is 5.75 Å². The molecular formula is C12H14FN3O. The predicted molar refractivity (Wildman–Crippen MR) is 63.3 cm³/mol. The molecule has 0 aliphatic rings. The van der Waals surface area contributed by atoms with Crippen LogP contribution in [-0.2, 0) is 13.1 Å². The monoisotopic (exact) mass is 235 g/mol. The summed E-state index contributed by atoms with van der Waals surface area (Å²) in [7, 11) is 0. The van der Waals surface area contributed by atoms with Gasteiger partial charge in [-0.1, -0.05) is 0 Å². The number of phenols is 1. The fraction of sp³-hybridized carbons (Fsp3) is 0.250. The summed E-state index contributed by atoms with van der Waals surface area (Å²) in [4.78, 5) is 0. The van der Waals surface area contributed by atoms with Crippen LogP contribution in [0.25, 0.3) is 0 Å². The van der Waals surface area contributed by atoms with Gasteiger partial charge in [-0.25, -0.2) is 4.39 Å². The van der Waals surface area contributed by atoms with E-state index >= 15 is 0 Å². The van der Waals surface area contributed by atoms with Crippen molar-refractivity contribution < 1.29 is 9.50 Å². The van der Waals surface area contributed by atoms with Gasteiger partial charge in [0.05, 0.1) is 0 Å². The molecule has 2 N–H and O–H groups in total. The molecular weight excluding hydrogens is 221 g/mol. The van der Waals surface area contributed by atoms with E-state index in [9.17, 15) is 9.50 Å². The Morgan fingerprint density at radius 1 is 1.41 bits per heavy atom. The van der Waals surface area contributed by atoms with E-state index in [0.717, 1.165) is 6.54 Å². The van der Waals surface area contributed by atoms with Crippen molar-refractivity contribution in [3.8, 4) is 5.75 Å². The number of aryl methyl sites for hydroxylation is 1. The predicted octanol–water partition coefficient (Wildman–Crippen LogP) is 2.36. The van der Waals surface area contributed by atoms with Gasteiger partial charge in [-0.05, 0) is 25.1 Å². The molecule has 0 amide bonds. The van der Waals surface area contributed by atoms with E-state index in [-0.39, 0.29) is 11.6 Å².